The van der Waals surface area contributed by atoms with Crippen LogP contribution in [0.15, 0.2) is 84.9 Å². The lowest BCUT2D eigenvalue weighted by Gasteiger charge is -2.22. The minimum Gasteiger partial charge on any atom is -0.346 e. The second-order valence-corrected chi connectivity index (χ2v) is 7.33. The molecule has 0 radical (unpaired) electrons. The Kier molecular flexibility index (Phi) is 5.24. The number of nitrogens with one attached hydrogen (secondary N) is 1. The predicted molar refractivity (Wildman–Crippen MR) is 116 cm³/mol. The van der Waals surface area contributed by atoms with E-state index in [1.165, 1.54) is 22.3 Å². The van der Waals surface area contributed by atoms with Crippen LogP contribution in [-0.2, 0) is 13.1 Å². The number of aromatic amines is 1. The zero-order valence-electron chi connectivity index (χ0n) is 16.4. The molecule has 0 aliphatic heterocycles. The minimum absolute atomic E-state index is 0.813. The molecule has 0 fully saturated rings. The van der Waals surface area contributed by atoms with Crippen LogP contribution in [0.1, 0.15) is 22.3 Å². The van der Waals surface area contributed by atoms with E-state index in [1.807, 2.05) is 18.2 Å². The number of hydrogen-bond donors (Lipinski definition) is 1. The van der Waals surface area contributed by atoms with Crippen LogP contribution in [0, 0.1) is 13.8 Å². The third kappa shape index (κ3) is 4.32. The van der Waals surface area contributed by atoms with E-state index in [0.29, 0.717) is 0 Å². The average Bonchev–Trinajstić information content (AvgIpc) is 3.22. The maximum absolute atomic E-state index is 4.62. The second kappa shape index (κ2) is 8.13. The molecule has 1 heterocycles. The van der Waals surface area contributed by atoms with Gasteiger partial charge in [0.2, 0.25) is 0 Å². The smallest absolute Gasteiger partial charge is 0.151 e. The van der Waals surface area contributed by atoms with Gasteiger partial charge < -0.3 is 4.90 Å². The SMILES string of the molecule is Cc1ccc(CN(Cc2ccc(C)cc2)c2cc(-c3ccccc3)[nH]n2)cc1. The van der Waals surface area contributed by atoms with E-state index in [9.17, 15) is 0 Å². The summed E-state index contributed by atoms with van der Waals surface area (Å²) in [5.41, 5.74) is 7.30. The summed E-state index contributed by atoms with van der Waals surface area (Å²) in [5.74, 6) is 0.958. The molecule has 1 N–H and O–H groups in total. The summed E-state index contributed by atoms with van der Waals surface area (Å²) in [4.78, 5) is 2.32. The zero-order chi connectivity index (χ0) is 19.3. The fraction of sp³-hybridized carbons (Fsp3) is 0.160. The first-order valence-electron chi connectivity index (χ1n) is 9.64. The lowest BCUT2D eigenvalue weighted by molar-refractivity contribution is 0.779. The molecule has 28 heavy (non-hydrogen) atoms. The van der Waals surface area contributed by atoms with Crippen LogP contribution in [-0.4, -0.2) is 10.2 Å². The van der Waals surface area contributed by atoms with Gasteiger partial charge in [0.05, 0.1) is 5.69 Å². The van der Waals surface area contributed by atoms with Crippen LogP contribution in [0.3, 0.4) is 0 Å². The third-order valence-corrected chi connectivity index (χ3v) is 4.96. The standard InChI is InChI=1S/C25H25N3/c1-19-8-12-21(13-9-19)17-28(18-22-14-10-20(2)11-15-22)25-16-24(26-27-25)23-6-4-3-5-7-23/h3-16H,17-18H2,1-2H3,(H,26,27). The van der Waals surface area contributed by atoms with Crippen LogP contribution in [0.5, 0.6) is 0 Å². The highest BCUT2D eigenvalue weighted by Crippen LogP contribution is 2.24. The van der Waals surface area contributed by atoms with E-state index in [-0.39, 0.29) is 0 Å². The van der Waals surface area contributed by atoms with Crippen molar-refractivity contribution < 1.29 is 0 Å². The molecule has 0 amide bonds. The molecule has 4 aromatic rings. The van der Waals surface area contributed by atoms with Gasteiger partial charge in [-0.05, 0) is 30.5 Å². The van der Waals surface area contributed by atoms with Gasteiger partial charge in [-0.1, -0.05) is 90.0 Å². The second-order valence-electron chi connectivity index (χ2n) is 7.33. The van der Waals surface area contributed by atoms with Crippen molar-refractivity contribution in [3.63, 3.8) is 0 Å². The van der Waals surface area contributed by atoms with Gasteiger partial charge in [-0.2, -0.15) is 5.10 Å². The number of aromatic nitrogens is 2. The molecular weight excluding hydrogens is 342 g/mol. The summed E-state index contributed by atoms with van der Waals surface area (Å²) in [6.45, 7) is 5.86. The minimum atomic E-state index is 0.813. The first kappa shape index (κ1) is 18.1. The Morgan fingerprint density at radius 1 is 0.714 bits per heavy atom. The third-order valence-electron chi connectivity index (χ3n) is 4.96. The molecule has 3 aromatic carbocycles. The van der Waals surface area contributed by atoms with Crippen LogP contribution in [0.25, 0.3) is 11.3 Å². The summed E-state index contributed by atoms with van der Waals surface area (Å²) in [7, 11) is 0. The first-order valence-corrected chi connectivity index (χ1v) is 9.64. The summed E-state index contributed by atoms with van der Waals surface area (Å²) >= 11 is 0. The van der Waals surface area contributed by atoms with Crippen LogP contribution < -0.4 is 4.90 Å². The molecule has 0 unspecified atom stereocenters. The zero-order valence-corrected chi connectivity index (χ0v) is 16.4. The number of H-pyrrole nitrogens is 1. The summed E-state index contributed by atoms with van der Waals surface area (Å²) in [6, 6.07) is 29.9. The van der Waals surface area contributed by atoms with Gasteiger partial charge in [-0.3, -0.25) is 5.10 Å². The molecular formula is C25H25N3. The fourth-order valence-electron chi connectivity index (χ4n) is 3.28. The summed E-state index contributed by atoms with van der Waals surface area (Å²) < 4.78 is 0. The highest BCUT2D eigenvalue weighted by Gasteiger charge is 2.13. The molecule has 0 aliphatic carbocycles. The van der Waals surface area contributed by atoms with Crippen LogP contribution in [0.2, 0.25) is 0 Å². The monoisotopic (exact) mass is 367 g/mol. The number of hydrogen-bond acceptors (Lipinski definition) is 2. The number of rotatable bonds is 6. The highest BCUT2D eigenvalue weighted by atomic mass is 15.3. The lowest BCUT2D eigenvalue weighted by Crippen LogP contribution is -2.22. The maximum Gasteiger partial charge on any atom is 0.151 e. The Morgan fingerprint density at radius 3 is 1.79 bits per heavy atom. The predicted octanol–water partition coefficient (Wildman–Crippen LogP) is 5.90. The van der Waals surface area contributed by atoms with E-state index in [4.69, 9.17) is 0 Å². The van der Waals surface area contributed by atoms with Crippen molar-refractivity contribution in [3.8, 4) is 11.3 Å². The quantitative estimate of drug-likeness (QED) is 0.460. The van der Waals surface area contributed by atoms with Gasteiger partial charge in [-0.15, -0.1) is 0 Å². The maximum atomic E-state index is 4.62. The van der Waals surface area contributed by atoms with Crippen molar-refractivity contribution in [3.05, 3.63) is 107 Å². The van der Waals surface area contributed by atoms with E-state index < -0.39 is 0 Å². The normalized spacial score (nSPS) is 10.8. The van der Waals surface area contributed by atoms with E-state index in [0.717, 1.165) is 30.2 Å². The van der Waals surface area contributed by atoms with Crippen molar-refractivity contribution in [2.24, 2.45) is 0 Å². The van der Waals surface area contributed by atoms with Crippen molar-refractivity contribution in [1.82, 2.24) is 10.2 Å². The molecule has 3 heteroatoms. The number of anilines is 1. The Labute approximate surface area is 166 Å². The molecule has 0 bridgehead atoms. The Morgan fingerprint density at radius 2 is 1.25 bits per heavy atom. The van der Waals surface area contributed by atoms with E-state index in [2.05, 4.69) is 95.7 Å². The highest BCUT2D eigenvalue weighted by molar-refractivity contribution is 5.63. The Bertz CT molecular complexity index is 968. The number of benzene rings is 3. The van der Waals surface area contributed by atoms with Crippen molar-refractivity contribution >= 4 is 5.82 Å². The van der Waals surface area contributed by atoms with Gasteiger partial charge in [0, 0.05) is 19.2 Å². The molecule has 0 saturated carbocycles. The summed E-state index contributed by atoms with van der Waals surface area (Å²) in [6.07, 6.45) is 0. The van der Waals surface area contributed by atoms with Crippen molar-refractivity contribution in [2.45, 2.75) is 26.9 Å². The van der Waals surface area contributed by atoms with Crippen molar-refractivity contribution in [1.29, 1.82) is 0 Å². The first-order chi connectivity index (χ1) is 13.7. The molecule has 1 aromatic heterocycles. The van der Waals surface area contributed by atoms with Gasteiger partial charge in [0.1, 0.15) is 0 Å². The largest absolute Gasteiger partial charge is 0.346 e. The Hall–Kier alpha value is -3.33. The molecule has 0 saturated heterocycles. The van der Waals surface area contributed by atoms with Crippen LogP contribution in [0.4, 0.5) is 5.82 Å². The molecule has 4 rings (SSSR count). The van der Waals surface area contributed by atoms with Gasteiger partial charge in [0.25, 0.3) is 0 Å². The molecule has 140 valence electrons. The van der Waals surface area contributed by atoms with E-state index >= 15 is 0 Å². The van der Waals surface area contributed by atoms with E-state index in [1.54, 1.807) is 0 Å². The van der Waals surface area contributed by atoms with Crippen molar-refractivity contribution in [2.75, 3.05) is 4.90 Å². The van der Waals surface area contributed by atoms with Crippen LogP contribution >= 0.6 is 0 Å². The Balaban J connectivity index is 1.63. The topological polar surface area (TPSA) is 31.9 Å². The number of aryl methyl sites for hydroxylation is 2. The molecule has 0 aliphatic rings. The molecule has 3 nitrogen and oxygen atoms in total. The number of nitrogens with zero attached hydrogens (tertiary/aromatic N) is 2. The fourth-order valence-corrected chi connectivity index (χ4v) is 3.28. The summed E-state index contributed by atoms with van der Waals surface area (Å²) in [5, 5.41) is 7.82. The lowest BCUT2D eigenvalue weighted by atomic mass is 10.1. The average molecular weight is 367 g/mol. The van der Waals surface area contributed by atoms with Gasteiger partial charge >= 0.3 is 0 Å². The molecule has 0 spiro atoms. The van der Waals surface area contributed by atoms with Gasteiger partial charge in [-0.25, -0.2) is 0 Å². The van der Waals surface area contributed by atoms with Gasteiger partial charge in [0.15, 0.2) is 5.82 Å². The molecule has 0 atom stereocenters.